The maximum absolute atomic E-state index is 4.48. The number of nitrogens with zero attached hydrogens (tertiary/aromatic N) is 1. The molecule has 15 heavy (non-hydrogen) atoms. The van der Waals surface area contributed by atoms with Crippen LogP contribution in [0.2, 0.25) is 0 Å². The minimum absolute atomic E-state index is 0.548. The summed E-state index contributed by atoms with van der Waals surface area (Å²) in [4.78, 5) is 4.48. The zero-order chi connectivity index (χ0) is 10.8. The Morgan fingerprint density at radius 1 is 1.20 bits per heavy atom. The smallest absolute Gasteiger partial charge is 0.0702 e. The molecular formula is C14H17N. The molecular weight excluding hydrogens is 182 g/mol. The number of pyridine rings is 1. The van der Waals surface area contributed by atoms with Gasteiger partial charge in [-0.1, -0.05) is 26.8 Å². The maximum atomic E-state index is 4.48. The molecule has 1 heterocycles. The molecule has 78 valence electrons. The molecule has 1 nitrogen and oxygen atoms in total. The number of aromatic nitrogens is 1. The number of fused-ring (bicyclic) bond motifs is 1. The van der Waals surface area contributed by atoms with Crippen molar-refractivity contribution < 1.29 is 0 Å². The van der Waals surface area contributed by atoms with Gasteiger partial charge in [-0.25, -0.2) is 0 Å². The van der Waals surface area contributed by atoms with Crippen molar-refractivity contribution in [2.45, 2.75) is 33.1 Å². The molecule has 1 heteroatoms. The molecule has 0 N–H and O–H groups in total. The molecule has 0 aliphatic carbocycles. The van der Waals surface area contributed by atoms with Crippen LogP contribution in [0.25, 0.3) is 10.9 Å². The van der Waals surface area contributed by atoms with Gasteiger partial charge in [0.15, 0.2) is 0 Å². The van der Waals surface area contributed by atoms with Crippen LogP contribution in [0.1, 0.15) is 37.8 Å². The lowest BCUT2D eigenvalue weighted by Gasteiger charge is -2.07. The number of hydrogen-bond donors (Lipinski definition) is 0. The monoisotopic (exact) mass is 199 g/mol. The maximum Gasteiger partial charge on any atom is 0.0702 e. The molecule has 0 atom stereocenters. The first kappa shape index (κ1) is 10.2. The van der Waals surface area contributed by atoms with E-state index in [1.54, 1.807) is 0 Å². The van der Waals surface area contributed by atoms with Gasteiger partial charge < -0.3 is 0 Å². The Bertz CT molecular complexity index is 472. The number of benzene rings is 1. The second-order valence-corrected chi connectivity index (χ2v) is 4.30. The van der Waals surface area contributed by atoms with Crippen LogP contribution in [0, 0.1) is 0 Å². The molecule has 0 unspecified atom stereocenters. The third kappa shape index (κ3) is 2.01. The van der Waals surface area contributed by atoms with Crippen molar-refractivity contribution in [2.75, 3.05) is 0 Å². The molecule has 0 bridgehead atoms. The molecule has 0 spiro atoms. The van der Waals surface area contributed by atoms with Crippen molar-refractivity contribution in [1.82, 2.24) is 4.98 Å². The number of rotatable bonds is 2. The highest BCUT2D eigenvalue weighted by molar-refractivity contribution is 5.79. The molecule has 0 fully saturated rings. The van der Waals surface area contributed by atoms with Crippen molar-refractivity contribution in [2.24, 2.45) is 0 Å². The molecule has 2 aromatic rings. The quantitative estimate of drug-likeness (QED) is 0.714. The predicted octanol–water partition coefficient (Wildman–Crippen LogP) is 3.92. The van der Waals surface area contributed by atoms with Crippen LogP contribution in [0.5, 0.6) is 0 Å². The van der Waals surface area contributed by atoms with Crippen LogP contribution in [0.15, 0.2) is 30.5 Å². The van der Waals surface area contributed by atoms with E-state index in [1.807, 2.05) is 6.20 Å². The van der Waals surface area contributed by atoms with E-state index in [0.717, 1.165) is 11.9 Å². The predicted molar refractivity (Wildman–Crippen MR) is 65.2 cm³/mol. The van der Waals surface area contributed by atoms with Crippen molar-refractivity contribution >= 4 is 10.9 Å². The molecule has 0 saturated carbocycles. The molecule has 1 aromatic heterocycles. The SMILES string of the molecule is CCc1ccc2ncc(C(C)C)cc2c1. The van der Waals surface area contributed by atoms with Gasteiger partial charge in [0.1, 0.15) is 0 Å². The van der Waals surface area contributed by atoms with Gasteiger partial charge in [-0.2, -0.15) is 0 Å². The fourth-order valence-electron chi connectivity index (χ4n) is 1.73. The summed E-state index contributed by atoms with van der Waals surface area (Å²) in [6.45, 7) is 6.58. The van der Waals surface area contributed by atoms with Crippen LogP contribution < -0.4 is 0 Å². The second-order valence-electron chi connectivity index (χ2n) is 4.30. The van der Waals surface area contributed by atoms with E-state index in [2.05, 4.69) is 50.0 Å². The van der Waals surface area contributed by atoms with Crippen LogP contribution in [-0.4, -0.2) is 4.98 Å². The third-order valence-corrected chi connectivity index (χ3v) is 2.84. The molecule has 1 aromatic carbocycles. The van der Waals surface area contributed by atoms with Crippen molar-refractivity contribution in [3.63, 3.8) is 0 Å². The van der Waals surface area contributed by atoms with Crippen molar-refractivity contribution in [3.05, 3.63) is 41.6 Å². The summed E-state index contributed by atoms with van der Waals surface area (Å²) < 4.78 is 0. The standard InChI is InChI=1S/C14H17N/c1-4-11-5-6-14-12(7-11)8-13(9-15-14)10(2)3/h5-10H,4H2,1-3H3. The first-order valence-electron chi connectivity index (χ1n) is 5.59. The van der Waals surface area contributed by atoms with E-state index in [9.17, 15) is 0 Å². The van der Waals surface area contributed by atoms with Gasteiger partial charge >= 0.3 is 0 Å². The normalized spacial score (nSPS) is 11.2. The summed E-state index contributed by atoms with van der Waals surface area (Å²) in [6.07, 6.45) is 3.07. The number of hydrogen-bond acceptors (Lipinski definition) is 1. The molecule has 0 aliphatic heterocycles. The largest absolute Gasteiger partial charge is 0.256 e. The molecule has 0 radical (unpaired) electrons. The summed E-state index contributed by atoms with van der Waals surface area (Å²) in [6, 6.07) is 8.77. The topological polar surface area (TPSA) is 12.9 Å². The van der Waals surface area contributed by atoms with E-state index < -0.39 is 0 Å². The van der Waals surface area contributed by atoms with Crippen LogP contribution >= 0.6 is 0 Å². The fraction of sp³-hybridized carbons (Fsp3) is 0.357. The molecule has 2 rings (SSSR count). The van der Waals surface area contributed by atoms with Crippen LogP contribution in [-0.2, 0) is 6.42 Å². The highest BCUT2D eigenvalue weighted by Gasteiger charge is 2.02. The highest BCUT2D eigenvalue weighted by Crippen LogP contribution is 2.20. The van der Waals surface area contributed by atoms with E-state index in [1.165, 1.54) is 16.5 Å². The molecule has 0 saturated heterocycles. The number of aryl methyl sites for hydroxylation is 1. The Hall–Kier alpha value is -1.37. The Morgan fingerprint density at radius 3 is 2.67 bits per heavy atom. The van der Waals surface area contributed by atoms with E-state index >= 15 is 0 Å². The average molecular weight is 199 g/mol. The van der Waals surface area contributed by atoms with Gasteiger partial charge in [-0.05, 0) is 41.7 Å². The van der Waals surface area contributed by atoms with Gasteiger partial charge in [-0.3, -0.25) is 4.98 Å². The Labute approximate surface area is 91.2 Å². The summed E-state index contributed by atoms with van der Waals surface area (Å²) >= 11 is 0. The second kappa shape index (κ2) is 4.01. The van der Waals surface area contributed by atoms with Crippen molar-refractivity contribution in [1.29, 1.82) is 0 Å². The zero-order valence-electron chi connectivity index (χ0n) is 9.62. The summed E-state index contributed by atoms with van der Waals surface area (Å²) in [5, 5.41) is 1.26. The van der Waals surface area contributed by atoms with Gasteiger partial charge in [0.05, 0.1) is 5.52 Å². The first-order chi connectivity index (χ1) is 7.20. The van der Waals surface area contributed by atoms with Gasteiger partial charge in [0, 0.05) is 11.6 Å². The van der Waals surface area contributed by atoms with Gasteiger partial charge in [0.25, 0.3) is 0 Å². The molecule has 0 amide bonds. The van der Waals surface area contributed by atoms with Crippen LogP contribution in [0.3, 0.4) is 0 Å². The van der Waals surface area contributed by atoms with Gasteiger partial charge in [-0.15, -0.1) is 0 Å². The minimum Gasteiger partial charge on any atom is -0.256 e. The van der Waals surface area contributed by atoms with E-state index in [4.69, 9.17) is 0 Å². The van der Waals surface area contributed by atoms with Crippen molar-refractivity contribution in [3.8, 4) is 0 Å². The zero-order valence-corrected chi connectivity index (χ0v) is 9.62. The minimum atomic E-state index is 0.548. The highest BCUT2D eigenvalue weighted by atomic mass is 14.6. The Morgan fingerprint density at radius 2 is 2.00 bits per heavy atom. The lowest BCUT2D eigenvalue weighted by atomic mass is 10.0. The fourth-order valence-corrected chi connectivity index (χ4v) is 1.73. The van der Waals surface area contributed by atoms with Gasteiger partial charge in [0.2, 0.25) is 0 Å². The summed E-state index contributed by atoms with van der Waals surface area (Å²) in [7, 11) is 0. The van der Waals surface area contributed by atoms with Crippen LogP contribution in [0.4, 0.5) is 0 Å². The lowest BCUT2D eigenvalue weighted by Crippen LogP contribution is -1.90. The average Bonchev–Trinajstić information content (AvgIpc) is 2.27. The van der Waals surface area contributed by atoms with E-state index in [0.29, 0.717) is 5.92 Å². The Balaban J connectivity index is 2.57. The first-order valence-corrected chi connectivity index (χ1v) is 5.59. The van der Waals surface area contributed by atoms with E-state index in [-0.39, 0.29) is 0 Å². The summed E-state index contributed by atoms with van der Waals surface area (Å²) in [5.74, 6) is 0.548. The third-order valence-electron chi connectivity index (χ3n) is 2.84. The lowest BCUT2D eigenvalue weighted by molar-refractivity contribution is 0.862. The summed E-state index contributed by atoms with van der Waals surface area (Å²) in [5.41, 5.74) is 3.79. The Kier molecular flexibility index (Phi) is 2.72. The molecule has 0 aliphatic rings.